The molecule has 0 radical (unpaired) electrons. The molecule has 0 saturated carbocycles. The minimum absolute atomic E-state index is 0.136. The average molecular weight is 143 g/mol. The maximum Gasteiger partial charge on any atom is 0.134 e. The van der Waals surface area contributed by atoms with Gasteiger partial charge in [-0.3, -0.25) is 4.79 Å². The standard InChI is InChI=1S/C7H13NO2/c1-5(10)6-2-7(4-9)8-3-6/h6-9H,2-4H2,1H3/t6-,7-/m0/s1. The Hall–Kier alpha value is -0.410. The van der Waals surface area contributed by atoms with Crippen molar-refractivity contribution in [2.75, 3.05) is 13.2 Å². The lowest BCUT2D eigenvalue weighted by atomic mass is 10.0. The SMILES string of the molecule is CC(=O)[C@@H]1CN[C@H](CO)C1. The van der Waals surface area contributed by atoms with Crippen LogP contribution in [0.25, 0.3) is 0 Å². The maximum absolute atomic E-state index is 10.8. The fourth-order valence-electron chi connectivity index (χ4n) is 1.27. The maximum atomic E-state index is 10.8. The molecule has 0 aromatic heterocycles. The molecule has 58 valence electrons. The van der Waals surface area contributed by atoms with Crippen molar-refractivity contribution >= 4 is 5.78 Å². The molecular weight excluding hydrogens is 130 g/mol. The second-order valence-corrected chi connectivity index (χ2v) is 2.83. The van der Waals surface area contributed by atoms with Gasteiger partial charge < -0.3 is 10.4 Å². The normalized spacial score (nSPS) is 32.6. The van der Waals surface area contributed by atoms with E-state index in [0.29, 0.717) is 0 Å². The molecule has 1 rings (SSSR count). The summed E-state index contributed by atoms with van der Waals surface area (Å²) in [5.41, 5.74) is 0. The fraction of sp³-hybridized carbons (Fsp3) is 0.857. The Morgan fingerprint density at radius 1 is 1.80 bits per heavy atom. The molecule has 0 amide bonds. The van der Waals surface area contributed by atoms with Gasteiger partial charge in [0, 0.05) is 18.5 Å². The number of carbonyl (C=O) groups excluding carboxylic acids is 1. The summed E-state index contributed by atoms with van der Waals surface area (Å²) in [5.74, 6) is 0.362. The van der Waals surface area contributed by atoms with Crippen molar-refractivity contribution in [3.05, 3.63) is 0 Å². The highest BCUT2D eigenvalue weighted by Gasteiger charge is 2.25. The summed E-state index contributed by atoms with van der Waals surface area (Å²) in [6.45, 7) is 2.48. The molecule has 1 fully saturated rings. The largest absolute Gasteiger partial charge is 0.395 e. The number of nitrogens with one attached hydrogen (secondary N) is 1. The van der Waals surface area contributed by atoms with Gasteiger partial charge in [-0.25, -0.2) is 0 Å². The van der Waals surface area contributed by atoms with Crippen LogP contribution in [-0.2, 0) is 4.79 Å². The number of aliphatic hydroxyl groups excluding tert-OH is 1. The number of aliphatic hydroxyl groups is 1. The van der Waals surface area contributed by atoms with Gasteiger partial charge >= 0.3 is 0 Å². The van der Waals surface area contributed by atoms with Crippen molar-refractivity contribution in [1.29, 1.82) is 0 Å². The van der Waals surface area contributed by atoms with Gasteiger partial charge in [0.1, 0.15) is 5.78 Å². The second kappa shape index (κ2) is 3.12. The lowest BCUT2D eigenvalue weighted by molar-refractivity contribution is -0.120. The first-order valence-electron chi connectivity index (χ1n) is 3.58. The van der Waals surface area contributed by atoms with E-state index in [9.17, 15) is 4.79 Å². The number of carbonyl (C=O) groups is 1. The zero-order chi connectivity index (χ0) is 7.56. The van der Waals surface area contributed by atoms with E-state index in [0.717, 1.165) is 13.0 Å². The molecule has 1 saturated heterocycles. The third-order valence-corrected chi connectivity index (χ3v) is 2.02. The van der Waals surface area contributed by atoms with Crippen LogP contribution in [0.5, 0.6) is 0 Å². The first-order chi connectivity index (χ1) is 4.74. The molecule has 1 heterocycles. The van der Waals surface area contributed by atoms with E-state index < -0.39 is 0 Å². The Morgan fingerprint density at radius 3 is 2.80 bits per heavy atom. The van der Waals surface area contributed by atoms with E-state index >= 15 is 0 Å². The van der Waals surface area contributed by atoms with Crippen molar-refractivity contribution in [2.45, 2.75) is 19.4 Å². The highest BCUT2D eigenvalue weighted by atomic mass is 16.3. The van der Waals surface area contributed by atoms with Crippen molar-refractivity contribution in [3.8, 4) is 0 Å². The van der Waals surface area contributed by atoms with E-state index in [4.69, 9.17) is 5.11 Å². The quantitative estimate of drug-likeness (QED) is 0.550. The predicted octanol–water partition coefficient (Wildman–Crippen LogP) is -0.454. The molecule has 3 nitrogen and oxygen atoms in total. The third kappa shape index (κ3) is 1.55. The van der Waals surface area contributed by atoms with Crippen LogP contribution in [0.15, 0.2) is 0 Å². The van der Waals surface area contributed by atoms with Crippen LogP contribution in [0.2, 0.25) is 0 Å². The number of ketones is 1. The predicted molar refractivity (Wildman–Crippen MR) is 37.7 cm³/mol. The van der Waals surface area contributed by atoms with Crippen LogP contribution in [0.1, 0.15) is 13.3 Å². The highest BCUT2D eigenvalue weighted by molar-refractivity contribution is 5.78. The van der Waals surface area contributed by atoms with Gasteiger partial charge in [0.15, 0.2) is 0 Å². The Labute approximate surface area is 60.4 Å². The van der Waals surface area contributed by atoms with E-state index in [-0.39, 0.29) is 24.3 Å². The third-order valence-electron chi connectivity index (χ3n) is 2.02. The number of rotatable bonds is 2. The molecule has 0 bridgehead atoms. The van der Waals surface area contributed by atoms with Crippen molar-refractivity contribution in [2.24, 2.45) is 5.92 Å². The second-order valence-electron chi connectivity index (χ2n) is 2.83. The van der Waals surface area contributed by atoms with Crippen LogP contribution in [0.3, 0.4) is 0 Å². The van der Waals surface area contributed by atoms with Crippen molar-refractivity contribution in [3.63, 3.8) is 0 Å². The molecule has 0 unspecified atom stereocenters. The lowest BCUT2D eigenvalue weighted by Crippen LogP contribution is -2.24. The highest BCUT2D eigenvalue weighted by Crippen LogP contribution is 2.13. The molecular formula is C7H13NO2. The van der Waals surface area contributed by atoms with Crippen LogP contribution in [0.4, 0.5) is 0 Å². The smallest absolute Gasteiger partial charge is 0.134 e. The Bertz CT molecular complexity index is 136. The Morgan fingerprint density at radius 2 is 2.50 bits per heavy atom. The van der Waals surface area contributed by atoms with Crippen LogP contribution in [-0.4, -0.2) is 30.1 Å². The summed E-state index contributed by atoms with van der Waals surface area (Å²) in [7, 11) is 0. The monoisotopic (exact) mass is 143 g/mol. The van der Waals surface area contributed by atoms with Gasteiger partial charge in [0.25, 0.3) is 0 Å². The molecule has 3 heteroatoms. The zero-order valence-corrected chi connectivity index (χ0v) is 6.13. The fourth-order valence-corrected chi connectivity index (χ4v) is 1.27. The number of Topliss-reactive ketones (excluding diaryl/α,β-unsaturated/α-hetero) is 1. The molecule has 0 spiro atoms. The molecule has 0 aromatic rings. The van der Waals surface area contributed by atoms with Gasteiger partial charge in [-0.1, -0.05) is 0 Å². The first kappa shape index (κ1) is 7.69. The molecule has 2 N–H and O–H groups in total. The number of hydrogen-bond donors (Lipinski definition) is 2. The summed E-state index contributed by atoms with van der Waals surface area (Å²) in [5, 5.41) is 11.8. The molecule has 2 atom stereocenters. The van der Waals surface area contributed by atoms with Gasteiger partial charge in [0.2, 0.25) is 0 Å². The summed E-state index contributed by atoms with van der Waals surface area (Å²) < 4.78 is 0. The van der Waals surface area contributed by atoms with Gasteiger partial charge in [0.05, 0.1) is 6.61 Å². The van der Waals surface area contributed by atoms with Crippen LogP contribution in [0, 0.1) is 5.92 Å². The van der Waals surface area contributed by atoms with E-state index in [2.05, 4.69) is 5.32 Å². The van der Waals surface area contributed by atoms with Gasteiger partial charge in [-0.05, 0) is 13.3 Å². The lowest BCUT2D eigenvalue weighted by Gasteiger charge is -2.03. The molecule has 10 heavy (non-hydrogen) atoms. The van der Waals surface area contributed by atoms with E-state index in [1.807, 2.05) is 0 Å². The van der Waals surface area contributed by atoms with E-state index in [1.165, 1.54) is 0 Å². The zero-order valence-electron chi connectivity index (χ0n) is 6.13. The Kier molecular flexibility index (Phi) is 2.40. The molecule has 1 aliphatic rings. The summed E-state index contributed by atoms with van der Waals surface area (Å²) >= 11 is 0. The van der Waals surface area contributed by atoms with Crippen molar-refractivity contribution in [1.82, 2.24) is 5.32 Å². The number of hydrogen-bond acceptors (Lipinski definition) is 3. The molecule has 0 aliphatic carbocycles. The van der Waals surface area contributed by atoms with Crippen LogP contribution < -0.4 is 5.32 Å². The Balaban J connectivity index is 2.35. The van der Waals surface area contributed by atoms with Gasteiger partial charge in [-0.15, -0.1) is 0 Å². The first-order valence-corrected chi connectivity index (χ1v) is 3.58. The summed E-state index contributed by atoms with van der Waals surface area (Å²) in [6, 6.07) is 0.147. The summed E-state index contributed by atoms with van der Waals surface area (Å²) in [6.07, 6.45) is 0.797. The average Bonchev–Trinajstić information content (AvgIpc) is 2.34. The topological polar surface area (TPSA) is 49.3 Å². The van der Waals surface area contributed by atoms with Crippen LogP contribution >= 0.6 is 0 Å². The molecule has 0 aromatic carbocycles. The van der Waals surface area contributed by atoms with Gasteiger partial charge in [-0.2, -0.15) is 0 Å². The van der Waals surface area contributed by atoms with Crippen molar-refractivity contribution < 1.29 is 9.90 Å². The van der Waals surface area contributed by atoms with E-state index in [1.54, 1.807) is 6.92 Å². The molecule has 1 aliphatic heterocycles. The minimum atomic E-state index is 0.136. The summed E-state index contributed by atoms with van der Waals surface area (Å²) in [4.78, 5) is 10.8. The minimum Gasteiger partial charge on any atom is -0.395 e.